The molecule has 0 aliphatic heterocycles. The van der Waals surface area contributed by atoms with Gasteiger partial charge in [-0.2, -0.15) is 12.8 Å². The Kier molecular flexibility index (Phi) is 7.54. The Morgan fingerprint density at radius 1 is 1.06 bits per heavy atom. The van der Waals surface area contributed by atoms with Crippen molar-refractivity contribution in [2.75, 3.05) is 0 Å². The molecule has 1 fully saturated rings. The van der Waals surface area contributed by atoms with Crippen molar-refractivity contribution in [1.29, 1.82) is 0 Å². The summed E-state index contributed by atoms with van der Waals surface area (Å²) in [7, 11) is 0. The van der Waals surface area contributed by atoms with E-state index in [4.69, 9.17) is 4.74 Å². The van der Waals surface area contributed by atoms with E-state index in [0.29, 0.717) is 17.3 Å². The number of rotatable bonds is 5. The van der Waals surface area contributed by atoms with Gasteiger partial charge >= 0.3 is 0 Å². The van der Waals surface area contributed by atoms with Gasteiger partial charge in [0.1, 0.15) is 11.6 Å². The fraction of sp³-hybridized carbons (Fsp3) is 0.400. The molecule has 0 unspecified atom stereocenters. The van der Waals surface area contributed by atoms with Crippen LogP contribution in [0.1, 0.15) is 52.1 Å². The van der Waals surface area contributed by atoms with Crippen LogP contribution in [0, 0.1) is 17.7 Å². The molecule has 1 radical (unpaired) electrons. The minimum Gasteiger partial charge on any atom is -0.475 e. The van der Waals surface area contributed by atoms with Gasteiger partial charge in [-0.1, -0.05) is 26.8 Å². The fourth-order valence-corrected chi connectivity index (χ4v) is 3.85. The van der Waals surface area contributed by atoms with E-state index < -0.39 is 0 Å². The second-order valence-electron chi connectivity index (χ2n) is 9.26. The third kappa shape index (κ3) is 6.17. The summed E-state index contributed by atoms with van der Waals surface area (Å²) < 4.78 is 20.8. The summed E-state index contributed by atoms with van der Waals surface area (Å²) in [4.78, 5) is 12.0. The number of halogens is 1. The maximum Gasteiger partial charge on any atom is 0.213 e. The van der Waals surface area contributed by atoms with Gasteiger partial charge in [0.05, 0.1) is 11.7 Å². The Hall–Kier alpha value is -2.18. The third-order valence-electron chi connectivity index (χ3n) is 5.32. The van der Waals surface area contributed by atoms with Gasteiger partial charge in [0.25, 0.3) is 0 Å². The van der Waals surface area contributed by atoms with Crippen molar-refractivity contribution in [2.45, 2.75) is 59.0 Å². The summed E-state index contributed by atoms with van der Waals surface area (Å²) >= 11 is 0. The van der Waals surface area contributed by atoms with E-state index in [2.05, 4.69) is 42.1 Å². The van der Waals surface area contributed by atoms with Crippen molar-refractivity contribution in [3.63, 3.8) is 0 Å². The quantitative estimate of drug-likeness (QED) is 0.444. The summed E-state index contributed by atoms with van der Waals surface area (Å²) in [5.41, 5.74) is 3.27. The number of ether oxygens (including phenoxy) is 1. The minimum absolute atomic E-state index is 0. The first kappa shape index (κ1) is 23.5. The molecular formula is C25H29CoFN3O-. The van der Waals surface area contributed by atoms with Crippen LogP contribution in [0.4, 0.5) is 4.39 Å². The van der Waals surface area contributed by atoms with Gasteiger partial charge in [-0.25, -0.2) is 14.4 Å². The molecule has 1 aliphatic carbocycles. The maximum absolute atomic E-state index is 14.8. The number of pyridine rings is 1. The topological polar surface area (TPSA) is 50.8 Å². The summed E-state index contributed by atoms with van der Waals surface area (Å²) in [6.07, 6.45) is 11.2. The molecule has 167 valence electrons. The van der Waals surface area contributed by atoms with Crippen LogP contribution in [0.2, 0.25) is 0 Å². The van der Waals surface area contributed by atoms with E-state index in [1.54, 1.807) is 18.5 Å². The average Bonchev–Trinajstić information content (AvgIpc) is 3.15. The van der Waals surface area contributed by atoms with E-state index in [1.165, 1.54) is 6.07 Å². The molecule has 1 saturated carbocycles. The number of H-pyrrole nitrogens is 1. The standard InChI is InChI=1S/C25H29FN3O.Co/c1-25(2,3)14-19-16-28-24(29-19)21-11-9-17(13-22(21)26)18-10-12-23(27-15-18)30-20-7-5-4-6-8-20;/h4,9-13,15-16,20H,5-8,14H2,1-3H3,(H,28,29);/q-1;. The molecule has 4 nitrogen and oxygen atoms in total. The van der Waals surface area contributed by atoms with Crippen LogP contribution in [0.15, 0.2) is 42.7 Å². The molecule has 2 aromatic heterocycles. The first-order valence-corrected chi connectivity index (χ1v) is 10.7. The van der Waals surface area contributed by atoms with Gasteiger partial charge in [-0.15, -0.1) is 0 Å². The van der Waals surface area contributed by atoms with Crippen molar-refractivity contribution in [3.8, 4) is 28.4 Å². The molecule has 0 amide bonds. The molecule has 31 heavy (non-hydrogen) atoms. The van der Waals surface area contributed by atoms with E-state index in [-0.39, 0.29) is 34.1 Å². The molecule has 4 rings (SSSR count). The zero-order chi connectivity index (χ0) is 21.1. The van der Waals surface area contributed by atoms with Gasteiger partial charge < -0.3 is 16.1 Å². The van der Waals surface area contributed by atoms with Crippen molar-refractivity contribution < 1.29 is 25.9 Å². The van der Waals surface area contributed by atoms with Crippen LogP contribution >= 0.6 is 0 Å². The van der Waals surface area contributed by atoms with Crippen LogP contribution in [0.3, 0.4) is 0 Å². The fourth-order valence-electron chi connectivity index (χ4n) is 3.85. The number of hydrogen-bond acceptors (Lipinski definition) is 3. The van der Waals surface area contributed by atoms with E-state index in [1.807, 2.05) is 18.2 Å². The van der Waals surface area contributed by atoms with E-state index >= 15 is 0 Å². The number of hydrogen-bond donors (Lipinski definition) is 1. The first-order chi connectivity index (χ1) is 14.4. The van der Waals surface area contributed by atoms with Crippen molar-refractivity contribution >= 4 is 0 Å². The SMILES string of the molecule is CC(C)(C)Cc1cnc(-c2ccc(-c3ccc(OC4CC[CH-]CC4)nc3)cc2F)[nH]1.[Co]. The summed E-state index contributed by atoms with van der Waals surface area (Å²) in [5.74, 6) is 0.887. The Morgan fingerprint density at radius 2 is 1.81 bits per heavy atom. The molecule has 2 heterocycles. The molecule has 1 N–H and O–H groups in total. The smallest absolute Gasteiger partial charge is 0.213 e. The predicted molar refractivity (Wildman–Crippen MR) is 118 cm³/mol. The number of aromatic nitrogens is 3. The number of nitrogens with one attached hydrogen (secondary N) is 1. The Balaban J connectivity index is 0.00000272. The van der Waals surface area contributed by atoms with E-state index in [0.717, 1.165) is 48.9 Å². The molecular weight excluding hydrogens is 436 g/mol. The molecule has 0 atom stereocenters. The minimum atomic E-state index is -0.303. The zero-order valence-corrected chi connectivity index (χ0v) is 19.3. The molecule has 1 aromatic carbocycles. The molecule has 1 aliphatic rings. The molecule has 0 spiro atoms. The maximum atomic E-state index is 14.8. The molecule has 0 saturated heterocycles. The van der Waals surface area contributed by atoms with Crippen LogP contribution in [-0.2, 0) is 23.2 Å². The number of benzene rings is 1. The van der Waals surface area contributed by atoms with Gasteiger partial charge in [0, 0.05) is 46.5 Å². The van der Waals surface area contributed by atoms with Crippen LogP contribution in [0.5, 0.6) is 5.88 Å². The summed E-state index contributed by atoms with van der Waals surface area (Å²) in [6.45, 7) is 6.50. The van der Waals surface area contributed by atoms with Gasteiger partial charge in [0.2, 0.25) is 5.88 Å². The van der Waals surface area contributed by atoms with Crippen molar-refractivity contribution in [3.05, 3.63) is 60.7 Å². The summed E-state index contributed by atoms with van der Waals surface area (Å²) in [5, 5.41) is 0. The number of aromatic amines is 1. The van der Waals surface area contributed by atoms with Gasteiger partial charge in [0.15, 0.2) is 0 Å². The van der Waals surface area contributed by atoms with Gasteiger partial charge in [-0.05, 0) is 48.4 Å². The largest absolute Gasteiger partial charge is 0.475 e. The second kappa shape index (κ2) is 9.96. The average molecular weight is 465 g/mol. The monoisotopic (exact) mass is 465 g/mol. The van der Waals surface area contributed by atoms with Crippen molar-refractivity contribution in [2.24, 2.45) is 5.41 Å². The summed E-state index contributed by atoms with van der Waals surface area (Å²) in [6, 6.07) is 9.01. The first-order valence-electron chi connectivity index (χ1n) is 10.7. The third-order valence-corrected chi connectivity index (χ3v) is 5.32. The Labute approximate surface area is 194 Å². The normalized spacial score (nSPS) is 14.8. The van der Waals surface area contributed by atoms with Crippen LogP contribution < -0.4 is 4.74 Å². The second-order valence-corrected chi connectivity index (χ2v) is 9.26. The molecule has 0 bridgehead atoms. The number of nitrogens with zero attached hydrogens (tertiary/aromatic N) is 2. The Morgan fingerprint density at radius 3 is 2.45 bits per heavy atom. The van der Waals surface area contributed by atoms with Crippen LogP contribution in [0.25, 0.3) is 22.5 Å². The van der Waals surface area contributed by atoms with Crippen molar-refractivity contribution in [1.82, 2.24) is 15.0 Å². The predicted octanol–water partition coefficient (Wildman–Crippen LogP) is 6.39. The zero-order valence-electron chi connectivity index (χ0n) is 18.2. The molecule has 3 aromatic rings. The Bertz CT molecular complexity index is 989. The van der Waals surface area contributed by atoms with Gasteiger partial charge in [-0.3, -0.25) is 0 Å². The van der Waals surface area contributed by atoms with Crippen LogP contribution in [-0.4, -0.2) is 21.1 Å². The van der Waals surface area contributed by atoms with E-state index in [9.17, 15) is 4.39 Å². The molecule has 6 heteroatoms. The number of imidazole rings is 1.